The Balaban J connectivity index is 1.85. The highest BCUT2D eigenvalue weighted by molar-refractivity contribution is 7.89. The second kappa shape index (κ2) is 9.19. The van der Waals surface area contributed by atoms with Crippen molar-refractivity contribution in [1.29, 1.82) is 0 Å². The van der Waals surface area contributed by atoms with Gasteiger partial charge in [0.1, 0.15) is 0 Å². The molecule has 1 heterocycles. The van der Waals surface area contributed by atoms with Crippen molar-refractivity contribution in [2.24, 2.45) is 0 Å². The molecule has 0 saturated carbocycles. The summed E-state index contributed by atoms with van der Waals surface area (Å²) in [5.74, 6) is -0.290. The second-order valence-corrected chi connectivity index (χ2v) is 9.23. The summed E-state index contributed by atoms with van der Waals surface area (Å²) >= 11 is 0. The lowest BCUT2D eigenvalue weighted by atomic mass is 9.99. The number of benzene rings is 2. The van der Waals surface area contributed by atoms with Crippen LogP contribution in [0.5, 0.6) is 0 Å². The highest BCUT2D eigenvalue weighted by Crippen LogP contribution is 2.23. The zero-order valence-electron chi connectivity index (χ0n) is 17.2. The van der Waals surface area contributed by atoms with E-state index < -0.39 is 10.0 Å². The van der Waals surface area contributed by atoms with E-state index in [0.717, 1.165) is 11.1 Å². The fraction of sp³-hybridized carbons (Fsp3) is 0.217. The minimum absolute atomic E-state index is 0.156. The first-order valence-corrected chi connectivity index (χ1v) is 11.1. The molecule has 1 N–H and O–H groups in total. The van der Waals surface area contributed by atoms with E-state index in [9.17, 15) is 13.2 Å². The van der Waals surface area contributed by atoms with Gasteiger partial charge in [-0.3, -0.25) is 9.78 Å². The van der Waals surface area contributed by atoms with Crippen LogP contribution in [0.2, 0.25) is 0 Å². The third kappa shape index (κ3) is 4.75. The normalized spacial score (nSPS) is 12.7. The molecule has 0 saturated heterocycles. The molecule has 0 radical (unpaired) electrons. The summed E-state index contributed by atoms with van der Waals surface area (Å²) in [5.41, 5.74) is 2.23. The summed E-state index contributed by atoms with van der Waals surface area (Å²) in [7, 11) is -2.05. The molecular weight excluding hydrogens is 398 g/mol. The number of amides is 1. The number of carbonyl (C=O) groups is 1. The summed E-state index contributed by atoms with van der Waals surface area (Å²) < 4.78 is 26.5. The molecule has 0 aliphatic heterocycles. The molecule has 2 aromatic carbocycles. The SMILES string of the molecule is CC(C)N(C)S(=O)(=O)c1ccc(C(=O)NC(c2ccccc2)c2ccncc2)cc1. The van der Waals surface area contributed by atoms with Crippen LogP contribution in [-0.4, -0.2) is 36.7 Å². The largest absolute Gasteiger partial charge is 0.341 e. The van der Waals surface area contributed by atoms with Gasteiger partial charge in [-0.05, 0) is 61.4 Å². The molecule has 1 unspecified atom stereocenters. The average molecular weight is 424 g/mol. The summed E-state index contributed by atoms with van der Waals surface area (Å²) in [6.07, 6.45) is 3.37. The summed E-state index contributed by atoms with van der Waals surface area (Å²) in [5, 5.41) is 3.04. The number of hydrogen-bond donors (Lipinski definition) is 1. The molecule has 3 aromatic rings. The van der Waals surface area contributed by atoms with Gasteiger partial charge < -0.3 is 5.32 Å². The highest BCUT2D eigenvalue weighted by Gasteiger charge is 2.24. The number of nitrogens with one attached hydrogen (secondary N) is 1. The molecular formula is C23H25N3O3S. The molecule has 6 nitrogen and oxygen atoms in total. The third-order valence-corrected chi connectivity index (χ3v) is 7.02. The van der Waals surface area contributed by atoms with Crippen LogP contribution in [0.25, 0.3) is 0 Å². The summed E-state index contributed by atoms with van der Waals surface area (Å²) in [6.45, 7) is 3.62. The van der Waals surface area contributed by atoms with Gasteiger partial charge in [0.05, 0.1) is 10.9 Å². The third-order valence-electron chi connectivity index (χ3n) is 4.97. The molecule has 0 fully saturated rings. The highest BCUT2D eigenvalue weighted by atomic mass is 32.2. The van der Waals surface area contributed by atoms with Gasteiger partial charge in [0, 0.05) is 31.0 Å². The van der Waals surface area contributed by atoms with Crippen molar-refractivity contribution in [2.45, 2.75) is 30.8 Å². The Hall–Kier alpha value is -3.03. The Bertz CT molecular complexity index is 1040. The van der Waals surface area contributed by atoms with E-state index in [-0.39, 0.29) is 22.9 Å². The van der Waals surface area contributed by atoms with Crippen molar-refractivity contribution in [2.75, 3.05) is 7.05 Å². The van der Waals surface area contributed by atoms with Gasteiger partial charge in [-0.15, -0.1) is 0 Å². The van der Waals surface area contributed by atoms with Crippen LogP contribution in [0, 0.1) is 0 Å². The monoisotopic (exact) mass is 423 g/mol. The second-order valence-electron chi connectivity index (χ2n) is 7.24. The molecule has 1 atom stereocenters. The van der Waals surface area contributed by atoms with Gasteiger partial charge in [-0.2, -0.15) is 4.31 Å². The first-order chi connectivity index (χ1) is 14.3. The van der Waals surface area contributed by atoms with Gasteiger partial charge in [-0.25, -0.2) is 8.42 Å². The van der Waals surface area contributed by atoms with E-state index in [2.05, 4.69) is 10.3 Å². The molecule has 3 rings (SSSR count). The van der Waals surface area contributed by atoms with Crippen LogP contribution in [0.4, 0.5) is 0 Å². The lowest BCUT2D eigenvalue weighted by Crippen LogP contribution is -2.33. The van der Waals surface area contributed by atoms with Gasteiger partial charge in [-0.1, -0.05) is 30.3 Å². The maximum atomic E-state index is 12.9. The van der Waals surface area contributed by atoms with Crippen molar-refractivity contribution in [1.82, 2.24) is 14.6 Å². The first kappa shape index (κ1) is 21.7. The minimum atomic E-state index is -3.60. The predicted octanol–water partition coefficient (Wildman–Crippen LogP) is 3.63. The molecule has 7 heteroatoms. The molecule has 1 amide bonds. The van der Waals surface area contributed by atoms with Crippen molar-refractivity contribution < 1.29 is 13.2 Å². The Kier molecular flexibility index (Phi) is 6.64. The first-order valence-electron chi connectivity index (χ1n) is 9.64. The zero-order valence-corrected chi connectivity index (χ0v) is 18.0. The van der Waals surface area contributed by atoms with Crippen molar-refractivity contribution in [3.8, 4) is 0 Å². The lowest BCUT2D eigenvalue weighted by Gasteiger charge is -2.21. The summed E-state index contributed by atoms with van der Waals surface area (Å²) in [4.78, 5) is 17.1. The maximum absolute atomic E-state index is 12.9. The van der Waals surface area contributed by atoms with Crippen molar-refractivity contribution >= 4 is 15.9 Å². The van der Waals surface area contributed by atoms with E-state index in [1.54, 1.807) is 19.4 Å². The van der Waals surface area contributed by atoms with E-state index in [1.165, 1.54) is 28.6 Å². The van der Waals surface area contributed by atoms with E-state index in [4.69, 9.17) is 0 Å². The lowest BCUT2D eigenvalue weighted by molar-refractivity contribution is 0.0943. The van der Waals surface area contributed by atoms with Crippen LogP contribution in [-0.2, 0) is 10.0 Å². The van der Waals surface area contributed by atoms with Gasteiger partial charge in [0.2, 0.25) is 10.0 Å². The maximum Gasteiger partial charge on any atom is 0.252 e. The summed E-state index contributed by atoms with van der Waals surface area (Å²) in [6, 6.07) is 18.8. The molecule has 0 spiro atoms. The Labute approximate surface area is 177 Å². The fourth-order valence-corrected chi connectivity index (χ4v) is 4.36. The molecule has 0 aliphatic carbocycles. The molecule has 156 valence electrons. The number of aromatic nitrogens is 1. The van der Waals surface area contributed by atoms with Crippen molar-refractivity contribution in [3.63, 3.8) is 0 Å². The molecule has 0 aliphatic rings. The van der Waals surface area contributed by atoms with Crippen molar-refractivity contribution in [3.05, 3.63) is 95.8 Å². The number of pyridine rings is 1. The smallest absolute Gasteiger partial charge is 0.252 e. The Morgan fingerprint density at radius 3 is 2.03 bits per heavy atom. The van der Waals surface area contributed by atoms with E-state index in [0.29, 0.717) is 5.56 Å². The van der Waals surface area contributed by atoms with Crippen LogP contribution in [0.15, 0.2) is 84.0 Å². The molecule has 1 aromatic heterocycles. The average Bonchev–Trinajstić information content (AvgIpc) is 2.78. The standard InChI is InChI=1S/C23H25N3O3S/c1-17(2)26(3)30(28,29)21-11-9-20(10-12-21)23(27)25-22(18-7-5-4-6-8-18)19-13-15-24-16-14-19/h4-17,22H,1-3H3,(H,25,27). The number of sulfonamides is 1. The zero-order chi connectivity index (χ0) is 21.7. The van der Waals surface area contributed by atoms with E-state index in [1.807, 2.05) is 56.3 Å². The van der Waals surface area contributed by atoms with Gasteiger partial charge in [0.25, 0.3) is 5.91 Å². The van der Waals surface area contributed by atoms with Crippen LogP contribution in [0.1, 0.15) is 41.4 Å². The Morgan fingerprint density at radius 2 is 1.47 bits per heavy atom. The number of rotatable bonds is 7. The quantitative estimate of drug-likeness (QED) is 0.629. The minimum Gasteiger partial charge on any atom is -0.341 e. The fourth-order valence-electron chi connectivity index (χ4n) is 3.00. The number of hydrogen-bond acceptors (Lipinski definition) is 4. The van der Waals surface area contributed by atoms with Crippen LogP contribution < -0.4 is 5.32 Å². The topological polar surface area (TPSA) is 79.4 Å². The van der Waals surface area contributed by atoms with E-state index >= 15 is 0 Å². The van der Waals surface area contributed by atoms with Gasteiger partial charge in [0.15, 0.2) is 0 Å². The molecule has 30 heavy (non-hydrogen) atoms. The van der Waals surface area contributed by atoms with Crippen LogP contribution >= 0.6 is 0 Å². The predicted molar refractivity (Wildman–Crippen MR) is 117 cm³/mol. The molecule has 0 bridgehead atoms. The Morgan fingerprint density at radius 1 is 0.900 bits per heavy atom. The van der Waals surface area contributed by atoms with Crippen LogP contribution in [0.3, 0.4) is 0 Å². The van der Waals surface area contributed by atoms with Gasteiger partial charge >= 0.3 is 0 Å². The number of carbonyl (C=O) groups excluding carboxylic acids is 1. The number of nitrogens with zero attached hydrogens (tertiary/aromatic N) is 2.